The molecule has 0 heterocycles. The summed E-state index contributed by atoms with van der Waals surface area (Å²) in [6.45, 7) is -0.202. The van der Waals surface area contributed by atoms with Crippen molar-refractivity contribution in [3.8, 4) is 0 Å². The second-order valence-corrected chi connectivity index (χ2v) is 12.4. The lowest BCUT2D eigenvalue weighted by Crippen LogP contribution is -2.25. The molecule has 1 fully saturated rings. The van der Waals surface area contributed by atoms with Gasteiger partial charge in [-0.3, -0.25) is 4.79 Å². The molecule has 0 spiro atoms. The van der Waals surface area contributed by atoms with Crippen LogP contribution >= 0.6 is 23.2 Å². The number of rotatable bonds is 7. The van der Waals surface area contributed by atoms with Gasteiger partial charge in [0.2, 0.25) is 0 Å². The van der Waals surface area contributed by atoms with E-state index in [0.29, 0.717) is 5.56 Å². The molecule has 3 atom stereocenters. The number of sulfone groups is 2. The van der Waals surface area contributed by atoms with Crippen LogP contribution in [0.15, 0.2) is 52.3 Å². The fraction of sp³-hybridized carbons (Fsp3) is 0.350. The van der Waals surface area contributed by atoms with E-state index in [0.717, 1.165) is 6.26 Å². The van der Waals surface area contributed by atoms with Crippen LogP contribution in [0.3, 0.4) is 0 Å². The van der Waals surface area contributed by atoms with Crippen LogP contribution in [-0.2, 0) is 35.8 Å². The minimum absolute atomic E-state index is 0.0230. The first kappa shape index (κ1) is 24.0. The van der Waals surface area contributed by atoms with Gasteiger partial charge in [-0.05, 0) is 42.7 Å². The van der Waals surface area contributed by atoms with Crippen molar-refractivity contribution in [3.63, 3.8) is 0 Å². The molecular weight excluding hydrogens is 487 g/mol. The van der Waals surface area contributed by atoms with Crippen LogP contribution in [0.4, 0.5) is 0 Å². The highest BCUT2D eigenvalue weighted by Crippen LogP contribution is 2.38. The zero-order valence-corrected chi connectivity index (χ0v) is 19.5. The van der Waals surface area contributed by atoms with E-state index in [1.165, 1.54) is 30.3 Å². The molecule has 7 nitrogen and oxygen atoms in total. The summed E-state index contributed by atoms with van der Waals surface area (Å²) >= 11 is 11.9. The van der Waals surface area contributed by atoms with Crippen molar-refractivity contribution in [1.82, 2.24) is 0 Å². The molecule has 1 aliphatic rings. The maximum Gasteiger partial charge on any atom is 0.309 e. The van der Waals surface area contributed by atoms with Gasteiger partial charge in [-0.1, -0.05) is 41.4 Å². The van der Waals surface area contributed by atoms with Gasteiger partial charge >= 0.3 is 5.97 Å². The Labute approximate surface area is 190 Å². The molecule has 11 heteroatoms. The lowest BCUT2D eigenvalue weighted by atomic mass is 10.1. The molecule has 0 unspecified atom stereocenters. The van der Waals surface area contributed by atoms with Crippen LogP contribution in [-0.4, -0.2) is 45.5 Å². The Morgan fingerprint density at radius 2 is 1.74 bits per heavy atom. The van der Waals surface area contributed by atoms with E-state index in [9.17, 15) is 26.7 Å². The maximum atomic E-state index is 13.0. The highest BCUT2D eigenvalue weighted by atomic mass is 35.5. The van der Waals surface area contributed by atoms with Crippen LogP contribution < -0.4 is 0 Å². The minimum Gasteiger partial charge on any atom is -0.481 e. The smallest absolute Gasteiger partial charge is 0.309 e. The van der Waals surface area contributed by atoms with Gasteiger partial charge in [0.05, 0.1) is 38.7 Å². The van der Waals surface area contributed by atoms with Gasteiger partial charge < -0.3 is 9.84 Å². The van der Waals surface area contributed by atoms with E-state index < -0.39 is 42.9 Å². The maximum absolute atomic E-state index is 13.0. The number of carbonyl (C=O) groups is 1. The molecule has 2 aromatic rings. The van der Waals surface area contributed by atoms with Crippen molar-refractivity contribution in [2.24, 2.45) is 5.92 Å². The Kier molecular flexibility index (Phi) is 7.02. The van der Waals surface area contributed by atoms with Crippen molar-refractivity contribution in [3.05, 3.63) is 58.1 Å². The molecule has 0 amide bonds. The van der Waals surface area contributed by atoms with Gasteiger partial charge in [-0.2, -0.15) is 0 Å². The van der Waals surface area contributed by atoms with E-state index >= 15 is 0 Å². The Bertz CT molecular complexity index is 1210. The monoisotopic (exact) mass is 506 g/mol. The molecule has 2 aromatic carbocycles. The summed E-state index contributed by atoms with van der Waals surface area (Å²) in [6.07, 6.45) is -0.0634. The third kappa shape index (κ3) is 5.23. The predicted molar refractivity (Wildman–Crippen MR) is 116 cm³/mol. The van der Waals surface area contributed by atoms with Crippen LogP contribution in [0.5, 0.6) is 0 Å². The first-order valence-corrected chi connectivity index (χ1v) is 13.4. The van der Waals surface area contributed by atoms with Gasteiger partial charge in [0.15, 0.2) is 19.7 Å². The zero-order chi connectivity index (χ0) is 23.0. The SMILES string of the molecule is CS(=O)(=O)c1cc(Cl)ccc1CO[C@@H]1C[C@H](S(=O)(=O)c2ccccc2Cl)C[C@H]1C(=O)O. The van der Waals surface area contributed by atoms with Gasteiger partial charge in [0, 0.05) is 11.3 Å². The lowest BCUT2D eigenvalue weighted by Gasteiger charge is -2.18. The first-order valence-electron chi connectivity index (χ1n) is 9.22. The molecule has 0 aromatic heterocycles. The van der Waals surface area contributed by atoms with Crippen molar-refractivity contribution >= 4 is 48.8 Å². The zero-order valence-electron chi connectivity index (χ0n) is 16.4. The number of aliphatic carboxylic acids is 1. The van der Waals surface area contributed by atoms with Crippen molar-refractivity contribution < 1.29 is 31.5 Å². The first-order chi connectivity index (χ1) is 14.4. The average Bonchev–Trinajstić information content (AvgIpc) is 3.12. The third-order valence-electron chi connectivity index (χ3n) is 5.24. The highest BCUT2D eigenvalue weighted by molar-refractivity contribution is 7.92. The van der Waals surface area contributed by atoms with Crippen molar-refractivity contribution in [2.75, 3.05) is 6.26 Å². The van der Waals surface area contributed by atoms with Crippen LogP contribution in [0.25, 0.3) is 0 Å². The number of halogens is 2. The summed E-state index contributed by atoms with van der Waals surface area (Å²) in [7, 11) is -7.47. The third-order valence-corrected chi connectivity index (χ3v) is 9.33. The van der Waals surface area contributed by atoms with Crippen molar-refractivity contribution in [2.45, 2.75) is 40.6 Å². The summed E-state index contributed by atoms with van der Waals surface area (Å²) in [6, 6.07) is 10.3. The summed E-state index contributed by atoms with van der Waals surface area (Å²) in [5.41, 5.74) is 0.313. The van der Waals surface area contributed by atoms with E-state index in [-0.39, 0.29) is 39.3 Å². The Balaban J connectivity index is 1.84. The summed E-state index contributed by atoms with van der Waals surface area (Å²) < 4.78 is 55.9. The number of carboxylic acids is 1. The molecule has 0 aliphatic heterocycles. The second-order valence-electron chi connectivity index (χ2n) is 7.39. The van der Waals surface area contributed by atoms with Gasteiger partial charge in [-0.25, -0.2) is 16.8 Å². The fourth-order valence-electron chi connectivity index (χ4n) is 3.70. The lowest BCUT2D eigenvalue weighted by molar-refractivity contribution is -0.146. The Morgan fingerprint density at radius 1 is 1.06 bits per heavy atom. The average molecular weight is 507 g/mol. The summed E-state index contributed by atoms with van der Waals surface area (Å²) in [5, 5.41) is 8.91. The van der Waals surface area contributed by atoms with E-state index in [2.05, 4.69) is 0 Å². The normalized spacial score (nSPS) is 21.8. The number of hydrogen-bond donors (Lipinski definition) is 1. The molecule has 0 bridgehead atoms. The molecule has 1 N–H and O–H groups in total. The standard InChI is InChI=1S/C20H20Cl2O7S2/c1-30(25,26)19-8-13(21)7-6-12(19)11-29-17-10-14(9-15(17)20(23)24)31(27,28)18-5-3-2-4-16(18)22/h2-8,14-15,17H,9-11H2,1H3,(H,23,24)/t14-,15-,17-/m1/s1. The van der Waals surface area contributed by atoms with Gasteiger partial charge in [0.25, 0.3) is 0 Å². The Morgan fingerprint density at radius 3 is 2.35 bits per heavy atom. The highest BCUT2D eigenvalue weighted by Gasteiger charge is 2.46. The second kappa shape index (κ2) is 9.07. The van der Waals surface area contributed by atoms with Gasteiger partial charge in [-0.15, -0.1) is 0 Å². The van der Waals surface area contributed by atoms with Crippen LogP contribution in [0.1, 0.15) is 18.4 Å². The number of ether oxygens (including phenoxy) is 1. The fourth-order valence-corrected chi connectivity index (χ4v) is 7.21. The minimum atomic E-state index is -3.88. The Hall–Kier alpha value is -1.65. The molecular formula is C20H20Cl2O7S2. The molecule has 31 heavy (non-hydrogen) atoms. The van der Waals surface area contributed by atoms with E-state index in [1.54, 1.807) is 12.1 Å². The molecule has 0 radical (unpaired) electrons. The van der Waals surface area contributed by atoms with Crippen LogP contribution in [0, 0.1) is 5.92 Å². The molecule has 1 saturated carbocycles. The molecule has 168 valence electrons. The van der Waals surface area contributed by atoms with E-state index in [4.69, 9.17) is 27.9 Å². The molecule has 1 aliphatic carbocycles. The number of hydrogen-bond acceptors (Lipinski definition) is 6. The number of carboxylic acid groups (broad SMARTS) is 1. The quantitative estimate of drug-likeness (QED) is 0.609. The molecule has 0 saturated heterocycles. The van der Waals surface area contributed by atoms with Crippen LogP contribution in [0.2, 0.25) is 10.0 Å². The van der Waals surface area contributed by atoms with E-state index in [1.807, 2.05) is 0 Å². The topological polar surface area (TPSA) is 115 Å². The van der Waals surface area contributed by atoms with Gasteiger partial charge in [0.1, 0.15) is 0 Å². The predicted octanol–water partition coefficient (Wildman–Crippen LogP) is 3.62. The van der Waals surface area contributed by atoms with Crippen molar-refractivity contribution in [1.29, 1.82) is 0 Å². The largest absolute Gasteiger partial charge is 0.481 e. The molecule has 3 rings (SSSR count). The summed E-state index contributed by atoms with van der Waals surface area (Å²) in [5.74, 6) is -2.24. The summed E-state index contributed by atoms with van der Waals surface area (Å²) in [4.78, 5) is 11.7. The number of benzene rings is 2.